The Morgan fingerprint density at radius 2 is 2.13 bits per heavy atom. The van der Waals surface area contributed by atoms with Crippen LogP contribution in [0.4, 0.5) is 5.69 Å². The number of rotatable bonds is 5. The van der Waals surface area contributed by atoms with Crippen LogP contribution in [-0.2, 0) is 5.75 Å². The first kappa shape index (κ1) is 12.9. The summed E-state index contributed by atoms with van der Waals surface area (Å²) in [5.74, 6) is 3.09. The van der Waals surface area contributed by atoms with E-state index >= 15 is 0 Å². The van der Waals surface area contributed by atoms with E-state index in [2.05, 4.69) is 35.8 Å². The van der Waals surface area contributed by atoms with Crippen molar-refractivity contribution in [2.45, 2.75) is 26.0 Å². The maximum absolute atomic E-state index is 5.69. The van der Waals surface area contributed by atoms with Gasteiger partial charge in [-0.1, -0.05) is 35.8 Å². The zero-order valence-corrected chi connectivity index (χ0v) is 11.7. The molecule has 0 fully saturated rings. The maximum Gasteiger partial charge on any atom is 0.0325 e. The molecule has 0 atom stereocenters. The van der Waals surface area contributed by atoms with E-state index in [-0.39, 0.29) is 0 Å². The van der Waals surface area contributed by atoms with Crippen molar-refractivity contribution in [1.82, 2.24) is 0 Å². The van der Waals surface area contributed by atoms with Gasteiger partial charge in [0.1, 0.15) is 0 Å². The first-order chi connectivity index (χ1) is 7.09. The Hall–Kier alpha value is -0.150. The SMILES string of the molecule is CC(C)CCSCc1ccc(N)cc1Br. The second kappa shape index (κ2) is 6.44. The minimum atomic E-state index is 0.798. The largest absolute Gasteiger partial charge is 0.399 e. The van der Waals surface area contributed by atoms with Crippen LogP contribution in [0.2, 0.25) is 0 Å². The highest BCUT2D eigenvalue weighted by molar-refractivity contribution is 9.10. The van der Waals surface area contributed by atoms with E-state index in [0.29, 0.717) is 0 Å². The Labute approximate surface area is 105 Å². The van der Waals surface area contributed by atoms with Crippen LogP contribution < -0.4 is 5.73 Å². The van der Waals surface area contributed by atoms with Gasteiger partial charge in [0, 0.05) is 15.9 Å². The van der Waals surface area contributed by atoms with E-state index in [0.717, 1.165) is 21.8 Å². The van der Waals surface area contributed by atoms with Crippen molar-refractivity contribution in [1.29, 1.82) is 0 Å². The zero-order chi connectivity index (χ0) is 11.3. The number of nitrogens with two attached hydrogens (primary N) is 1. The third-order valence-corrected chi connectivity index (χ3v) is 3.95. The number of benzene rings is 1. The van der Waals surface area contributed by atoms with Gasteiger partial charge in [-0.05, 0) is 35.8 Å². The van der Waals surface area contributed by atoms with Gasteiger partial charge in [-0.25, -0.2) is 0 Å². The van der Waals surface area contributed by atoms with Crippen LogP contribution in [0, 0.1) is 5.92 Å². The van der Waals surface area contributed by atoms with Gasteiger partial charge < -0.3 is 5.73 Å². The second-order valence-corrected chi connectivity index (χ2v) is 6.05. The Morgan fingerprint density at radius 1 is 1.40 bits per heavy atom. The molecule has 0 aliphatic heterocycles. The van der Waals surface area contributed by atoms with Crippen molar-refractivity contribution < 1.29 is 0 Å². The molecule has 0 heterocycles. The average Bonchev–Trinajstić information content (AvgIpc) is 2.14. The summed E-state index contributed by atoms with van der Waals surface area (Å²) >= 11 is 5.52. The fourth-order valence-corrected chi connectivity index (χ4v) is 3.16. The first-order valence-electron chi connectivity index (χ1n) is 5.21. The lowest BCUT2D eigenvalue weighted by Gasteiger charge is -2.06. The first-order valence-corrected chi connectivity index (χ1v) is 7.16. The van der Waals surface area contributed by atoms with Gasteiger partial charge in [-0.15, -0.1) is 0 Å². The van der Waals surface area contributed by atoms with E-state index in [1.807, 2.05) is 23.9 Å². The quantitative estimate of drug-likeness (QED) is 0.645. The molecule has 0 saturated heterocycles. The highest BCUT2D eigenvalue weighted by Crippen LogP contribution is 2.24. The Morgan fingerprint density at radius 3 is 2.73 bits per heavy atom. The summed E-state index contributed by atoms with van der Waals surface area (Å²) in [7, 11) is 0. The summed E-state index contributed by atoms with van der Waals surface area (Å²) in [5.41, 5.74) is 7.83. The fraction of sp³-hybridized carbons (Fsp3) is 0.500. The van der Waals surface area contributed by atoms with Crippen molar-refractivity contribution in [3.8, 4) is 0 Å². The van der Waals surface area contributed by atoms with Crippen LogP contribution in [0.15, 0.2) is 22.7 Å². The Balaban J connectivity index is 2.37. The molecule has 0 saturated carbocycles. The average molecular weight is 288 g/mol. The van der Waals surface area contributed by atoms with Crippen LogP contribution in [0.25, 0.3) is 0 Å². The van der Waals surface area contributed by atoms with E-state index in [4.69, 9.17) is 5.73 Å². The molecule has 0 aliphatic carbocycles. The molecule has 0 radical (unpaired) electrons. The van der Waals surface area contributed by atoms with Gasteiger partial charge in [0.2, 0.25) is 0 Å². The number of anilines is 1. The van der Waals surface area contributed by atoms with E-state index in [1.54, 1.807) is 0 Å². The van der Waals surface area contributed by atoms with Crippen LogP contribution in [-0.4, -0.2) is 5.75 Å². The fourth-order valence-electron chi connectivity index (χ4n) is 1.18. The second-order valence-electron chi connectivity index (χ2n) is 4.09. The molecule has 2 N–H and O–H groups in total. The molecule has 1 aromatic carbocycles. The van der Waals surface area contributed by atoms with Crippen molar-refractivity contribution >= 4 is 33.4 Å². The highest BCUT2D eigenvalue weighted by Gasteiger charge is 2.01. The smallest absolute Gasteiger partial charge is 0.0325 e. The summed E-state index contributed by atoms with van der Waals surface area (Å²) < 4.78 is 1.12. The van der Waals surface area contributed by atoms with E-state index in [1.165, 1.54) is 17.7 Å². The predicted molar refractivity (Wildman–Crippen MR) is 74.2 cm³/mol. The van der Waals surface area contributed by atoms with Gasteiger partial charge in [0.15, 0.2) is 0 Å². The summed E-state index contributed by atoms with van der Waals surface area (Å²) in [5, 5.41) is 0. The van der Waals surface area contributed by atoms with Crippen LogP contribution in [0.5, 0.6) is 0 Å². The maximum atomic E-state index is 5.69. The summed E-state index contributed by atoms with van der Waals surface area (Å²) in [6, 6.07) is 6.03. The highest BCUT2D eigenvalue weighted by atomic mass is 79.9. The van der Waals surface area contributed by atoms with Crippen LogP contribution >= 0.6 is 27.7 Å². The molecule has 15 heavy (non-hydrogen) atoms. The van der Waals surface area contributed by atoms with Crippen molar-refractivity contribution in [2.24, 2.45) is 5.92 Å². The van der Waals surface area contributed by atoms with Gasteiger partial charge >= 0.3 is 0 Å². The lowest BCUT2D eigenvalue weighted by atomic mass is 10.2. The molecule has 0 aromatic heterocycles. The molecule has 1 rings (SSSR count). The molecular weight excluding hydrogens is 270 g/mol. The van der Waals surface area contributed by atoms with E-state index < -0.39 is 0 Å². The third-order valence-electron chi connectivity index (χ3n) is 2.17. The van der Waals surface area contributed by atoms with Crippen molar-refractivity contribution in [3.05, 3.63) is 28.2 Å². The number of hydrogen-bond donors (Lipinski definition) is 1. The molecule has 0 unspecified atom stereocenters. The molecule has 1 aromatic rings. The molecule has 0 bridgehead atoms. The number of hydrogen-bond acceptors (Lipinski definition) is 2. The van der Waals surface area contributed by atoms with Gasteiger partial charge in [-0.2, -0.15) is 11.8 Å². The number of thioether (sulfide) groups is 1. The molecule has 84 valence electrons. The normalized spacial score (nSPS) is 10.9. The monoisotopic (exact) mass is 287 g/mol. The lowest BCUT2D eigenvalue weighted by molar-refractivity contribution is 0.632. The molecule has 0 spiro atoms. The van der Waals surface area contributed by atoms with Gasteiger partial charge in [-0.3, -0.25) is 0 Å². The minimum Gasteiger partial charge on any atom is -0.399 e. The number of nitrogen functional groups attached to an aromatic ring is 1. The van der Waals surface area contributed by atoms with Crippen LogP contribution in [0.1, 0.15) is 25.8 Å². The minimum absolute atomic E-state index is 0.798. The summed E-state index contributed by atoms with van der Waals surface area (Å²) in [6.45, 7) is 4.53. The summed E-state index contributed by atoms with van der Waals surface area (Å²) in [6.07, 6.45) is 1.29. The lowest BCUT2D eigenvalue weighted by Crippen LogP contribution is -1.92. The van der Waals surface area contributed by atoms with E-state index in [9.17, 15) is 0 Å². The van der Waals surface area contributed by atoms with Crippen LogP contribution in [0.3, 0.4) is 0 Å². The molecule has 3 heteroatoms. The Kier molecular flexibility index (Phi) is 5.54. The van der Waals surface area contributed by atoms with Gasteiger partial charge in [0.05, 0.1) is 0 Å². The standard InChI is InChI=1S/C12H18BrNS/c1-9(2)5-6-15-8-10-3-4-11(14)7-12(10)13/h3-4,7,9H,5-6,8,14H2,1-2H3. The topological polar surface area (TPSA) is 26.0 Å². The predicted octanol–water partition coefficient (Wildman–Crippen LogP) is 4.31. The summed E-state index contributed by atoms with van der Waals surface area (Å²) in [4.78, 5) is 0. The molecule has 0 aliphatic rings. The number of halogens is 1. The van der Waals surface area contributed by atoms with Crippen molar-refractivity contribution in [2.75, 3.05) is 11.5 Å². The molecule has 0 amide bonds. The molecular formula is C12H18BrNS. The van der Waals surface area contributed by atoms with Crippen molar-refractivity contribution in [3.63, 3.8) is 0 Å². The Bertz CT molecular complexity index is 312. The third kappa shape index (κ3) is 4.94. The zero-order valence-electron chi connectivity index (χ0n) is 9.29. The molecule has 1 nitrogen and oxygen atoms in total. The van der Waals surface area contributed by atoms with Gasteiger partial charge in [0.25, 0.3) is 0 Å².